The van der Waals surface area contributed by atoms with Crippen molar-refractivity contribution in [3.63, 3.8) is 0 Å². The molecule has 0 saturated heterocycles. The minimum Gasteiger partial charge on any atom is -0.464 e. The predicted octanol–water partition coefficient (Wildman–Crippen LogP) is 1.72. The van der Waals surface area contributed by atoms with E-state index in [1.165, 1.54) is 11.0 Å². The number of carbonyl (C=O) groups is 1. The molecule has 1 heterocycles. The van der Waals surface area contributed by atoms with Crippen LogP contribution in [0.2, 0.25) is 0 Å². The zero-order valence-electron chi connectivity index (χ0n) is 11.0. The van der Waals surface area contributed by atoms with E-state index in [4.69, 9.17) is 10.3 Å². The molecule has 20 heavy (non-hydrogen) atoms. The Hall–Kier alpha value is -1.54. The number of alkyl halides is 3. The van der Waals surface area contributed by atoms with E-state index in [0.29, 0.717) is 11.5 Å². The van der Waals surface area contributed by atoms with Crippen LogP contribution in [0.25, 0.3) is 0 Å². The number of carbonyl (C=O) groups excluding carboxylic acids is 1. The van der Waals surface area contributed by atoms with Crippen molar-refractivity contribution in [3.05, 3.63) is 23.2 Å². The van der Waals surface area contributed by atoms with Gasteiger partial charge in [-0.05, 0) is 25.8 Å². The van der Waals surface area contributed by atoms with Crippen LogP contribution < -0.4 is 11.3 Å². The summed E-state index contributed by atoms with van der Waals surface area (Å²) in [7, 11) is 0. The van der Waals surface area contributed by atoms with Crippen molar-refractivity contribution in [1.29, 1.82) is 0 Å². The van der Waals surface area contributed by atoms with Gasteiger partial charge in [0.25, 0.3) is 5.91 Å². The van der Waals surface area contributed by atoms with Crippen LogP contribution in [0.4, 0.5) is 13.2 Å². The van der Waals surface area contributed by atoms with Crippen LogP contribution >= 0.6 is 0 Å². The summed E-state index contributed by atoms with van der Waals surface area (Å²) in [6.45, 7) is 0.623. The van der Waals surface area contributed by atoms with Crippen molar-refractivity contribution in [3.8, 4) is 0 Å². The quantitative estimate of drug-likeness (QED) is 0.492. The molecule has 1 fully saturated rings. The van der Waals surface area contributed by atoms with Crippen LogP contribution in [0, 0.1) is 6.92 Å². The summed E-state index contributed by atoms with van der Waals surface area (Å²) in [5.41, 5.74) is 2.21. The van der Waals surface area contributed by atoms with Gasteiger partial charge >= 0.3 is 6.18 Å². The lowest BCUT2D eigenvalue weighted by atomic mass is 10.2. The van der Waals surface area contributed by atoms with E-state index in [2.05, 4.69) is 0 Å². The SMILES string of the molecule is Cc1oc(CN(CC(F)(F)F)C2CC2)cc1C(=O)NN. The van der Waals surface area contributed by atoms with Crippen LogP contribution in [0.15, 0.2) is 10.5 Å². The van der Waals surface area contributed by atoms with Crippen molar-refractivity contribution >= 4 is 5.91 Å². The summed E-state index contributed by atoms with van der Waals surface area (Å²) < 4.78 is 42.9. The van der Waals surface area contributed by atoms with Gasteiger partial charge in [0, 0.05) is 6.04 Å². The lowest BCUT2D eigenvalue weighted by Crippen LogP contribution is -2.35. The highest BCUT2D eigenvalue weighted by atomic mass is 19.4. The number of nitrogens with zero attached hydrogens (tertiary/aromatic N) is 1. The van der Waals surface area contributed by atoms with Gasteiger partial charge in [0.05, 0.1) is 18.7 Å². The minimum absolute atomic E-state index is 0.0306. The molecule has 0 atom stereocenters. The van der Waals surface area contributed by atoms with Gasteiger partial charge in [-0.15, -0.1) is 0 Å². The number of nitrogens with two attached hydrogens (primary N) is 1. The molecule has 1 aromatic rings. The van der Waals surface area contributed by atoms with Crippen molar-refractivity contribution in [2.45, 2.75) is 38.5 Å². The van der Waals surface area contributed by atoms with E-state index in [9.17, 15) is 18.0 Å². The molecule has 0 bridgehead atoms. The lowest BCUT2D eigenvalue weighted by Gasteiger charge is -2.22. The van der Waals surface area contributed by atoms with Gasteiger partial charge in [-0.3, -0.25) is 15.1 Å². The Balaban J connectivity index is 2.09. The molecule has 5 nitrogen and oxygen atoms in total. The summed E-state index contributed by atoms with van der Waals surface area (Å²) >= 11 is 0. The molecule has 1 aromatic heterocycles. The first-order chi connectivity index (χ1) is 9.30. The zero-order chi connectivity index (χ0) is 14.9. The third-order valence-corrected chi connectivity index (χ3v) is 3.15. The number of aryl methyl sites for hydroxylation is 1. The van der Waals surface area contributed by atoms with Crippen LogP contribution in [0.5, 0.6) is 0 Å². The number of amides is 1. The third-order valence-electron chi connectivity index (χ3n) is 3.15. The number of furan rings is 1. The highest BCUT2D eigenvalue weighted by Gasteiger charge is 2.38. The summed E-state index contributed by atoms with van der Waals surface area (Å²) in [5, 5.41) is 0. The number of nitrogen functional groups attached to an aromatic ring is 1. The Morgan fingerprint density at radius 2 is 2.20 bits per heavy atom. The molecule has 0 unspecified atom stereocenters. The Bertz CT molecular complexity index is 495. The molecule has 0 spiro atoms. The van der Waals surface area contributed by atoms with Crippen LogP contribution in [-0.2, 0) is 6.54 Å². The van der Waals surface area contributed by atoms with Crippen LogP contribution in [0.3, 0.4) is 0 Å². The van der Waals surface area contributed by atoms with Crippen molar-refractivity contribution in [2.75, 3.05) is 6.54 Å². The van der Waals surface area contributed by atoms with Crippen molar-refractivity contribution < 1.29 is 22.4 Å². The highest BCUT2D eigenvalue weighted by Crippen LogP contribution is 2.32. The molecule has 1 aliphatic rings. The summed E-state index contributed by atoms with van der Waals surface area (Å²) in [4.78, 5) is 12.7. The van der Waals surface area contributed by atoms with E-state index >= 15 is 0 Å². The summed E-state index contributed by atoms with van der Waals surface area (Å²) in [5.74, 6) is 5.17. The van der Waals surface area contributed by atoms with Crippen molar-refractivity contribution in [1.82, 2.24) is 10.3 Å². The maximum Gasteiger partial charge on any atom is 0.401 e. The van der Waals surface area contributed by atoms with E-state index in [1.54, 1.807) is 6.92 Å². The van der Waals surface area contributed by atoms with Gasteiger partial charge in [-0.25, -0.2) is 5.84 Å². The first-order valence-electron chi connectivity index (χ1n) is 6.21. The van der Waals surface area contributed by atoms with E-state index in [1.807, 2.05) is 5.43 Å². The molecular formula is C12H16F3N3O2. The lowest BCUT2D eigenvalue weighted by molar-refractivity contribution is -0.148. The second-order valence-electron chi connectivity index (χ2n) is 4.91. The Morgan fingerprint density at radius 1 is 1.55 bits per heavy atom. The van der Waals surface area contributed by atoms with Gasteiger partial charge in [0.1, 0.15) is 11.5 Å². The first-order valence-corrected chi connectivity index (χ1v) is 6.21. The van der Waals surface area contributed by atoms with E-state index < -0.39 is 18.6 Å². The highest BCUT2D eigenvalue weighted by molar-refractivity contribution is 5.94. The number of hydrogen-bond acceptors (Lipinski definition) is 4. The number of hydrazine groups is 1. The van der Waals surface area contributed by atoms with E-state index in [-0.39, 0.29) is 18.2 Å². The molecular weight excluding hydrogens is 275 g/mol. The Kier molecular flexibility index (Phi) is 4.05. The largest absolute Gasteiger partial charge is 0.464 e. The van der Waals surface area contributed by atoms with Gasteiger partial charge in [-0.1, -0.05) is 0 Å². The van der Waals surface area contributed by atoms with Crippen LogP contribution in [-0.4, -0.2) is 29.6 Å². The molecule has 0 aliphatic heterocycles. The Labute approximate surface area is 113 Å². The molecule has 8 heteroatoms. The molecule has 1 aliphatic carbocycles. The molecule has 0 aromatic carbocycles. The zero-order valence-corrected chi connectivity index (χ0v) is 11.0. The third kappa shape index (κ3) is 3.73. The normalized spacial score (nSPS) is 15.7. The molecule has 1 amide bonds. The van der Waals surface area contributed by atoms with Gasteiger partial charge < -0.3 is 4.42 Å². The fourth-order valence-electron chi connectivity index (χ4n) is 2.11. The van der Waals surface area contributed by atoms with Crippen molar-refractivity contribution in [2.24, 2.45) is 5.84 Å². The maximum atomic E-state index is 12.5. The average Bonchev–Trinajstić information content (AvgIpc) is 3.11. The summed E-state index contributed by atoms with van der Waals surface area (Å²) in [6, 6.07) is 1.37. The standard InChI is InChI=1S/C12H16F3N3O2/c1-7-10(11(19)17-16)4-9(20-7)5-18(8-2-3-8)6-12(13,14)15/h4,8H,2-3,5-6,16H2,1H3,(H,17,19). The molecule has 112 valence electrons. The topological polar surface area (TPSA) is 71.5 Å². The fourth-order valence-corrected chi connectivity index (χ4v) is 2.11. The first kappa shape index (κ1) is 14.9. The number of hydrogen-bond donors (Lipinski definition) is 2. The van der Waals surface area contributed by atoms with Gasteiger partial charge in [-0.2, -0.15) is 13.2 Å². The average molecular weight is 291 g/mol. The van der Waals surface area contributed by atoms with Gasteiger partial charge in [0.15, 0.2) is 0 Å². The summed E-state index contributed by atoms with van der Waals surface area (Å²) in [6.07, 6.45) is -2.74. The predicted molar refractivity (Wildman–Crippen MR) is 64.6 cm³/mol. The smallest absolute Gasteiger partial charge is 0.401 e. The monoisotopic (exact) mass is 291 g/mol. The fraction of sp³-hybridized carbons (Fsp3) is 0.583. The number of rotatable bonds is 5. The number of halogens is 3. The Morgan fingerprint density at radius 3 is 2.70 bits per heavy atom. The van der Waals surface area contributed by atoms with E-state index in [0.717, 1.165) is 12.8 Å². The minimum atomic E-state index is -4.25. The second-order valence-corrected chi connectivity index (χ2v) is 4.91. The molecule has 2 rings (SSSR count). The molecule has 1 saturated carbocycles. The van der Waals surface area contributed by atoms with Gasteiger partial charge in [0.2, 0.25) is 0 Å². The van der Waals surface area contributed by atoms with Crippen LogP contribution in [0.1, 0.15) is 34.7 Å². The number of nitrogens with one attached hydrogen (secondary N) is 1. The molecule has 3 N–H and O–H groups in total. The maximum absolute atomic E-state index is 12.5. The second kappa shape index (κ2) is 5.45. The molecule has 0 radical (unpaired) electrons.